The van der Waals surface area contributed by atoms with Gasteiger partial charge in [-0.1, -0.05) is 12.1 Å². The van der Waals surface area contributed by atoms with Crippen molar-refractivity contribution in [3.05, 3.63) is 58.6 Å². The van der Waals surface area contributed by atoms with E-state index in [9.17, 15) is 18.0 Å². The van der Waals surface area contributed by atoms with Crippen LogP contribution in [0.4, 0.5) is 5.69 Å². The van der Waals surface area contributed by atoms with Gasteiger partial charge in [-0.3, -0.25) is 9.36 Å². The van der Waals surface area contributed by atoms with Crippen LogP contribution in [0, 0.1) is 5.92 Å². The van der Waals surface area contributed by atoms with Gasteiger partial charge in [-0.05, 0) is 42.7 Å². The zero-order valence-corrected chi connectivity index (χ0v) is 19.8. The summed E-state index contributed by atoms with van der Waals surface area (Å²) in [5, 5.41) is 2.94. The van der Waals surface area contributed by atoms with E-state index in [-0.39, 0.29) is 22.9 Å². The smallest absolute Gasteiger partial charge is 0.408 e. The summed E-state index contributed by atoms with van der Waals surface area (Å²) in [6.07, 6.45) is 1.22. The number of sulfonamides is 1. The molecular formula is C23H28N4O5S. The van der Waals surface area contributed by atoms with E-state index in [1.54, 1.807) is 13.1 Å². The molecule has 1 aliphatic heterocycles. The third kappa shape index (κ3) is 4.67. The molecule has 1 atom stereocenters. The number of hydrogen-bond donors (Lipinski definition) is 1. The van der Waals surface area contributed by atoms with Crippen LogP contribution < -0.4 is 16.0 Å². The number of carbonyl (C=O) groups excluding carboxylic acids is 1. The Morgan fingerprint density at radius 1 is 1.18 bits per heavy atom. The Morgan fingerprint density at radius 2 is 1.91 bits per heavy atom. The molecule has 0 aliphatic carbocycles. The molecule has 176 valence electrons. The average Bonchev–Trinajstić information content (AvgIpc) is 3.10. The molecule has 0 bridgehead atoms. The summed E-state index contributed by atoms with van der Waals surface area (Å²) in [4.78, 5) is 26.5. The molecule has 33 heavy (non-hydrogen) atoms. The summed E-state index contributed by atoms with van der Waals surface area (Å²) in [6.45, 7) is 0.846. The fourth-order valence-corrected chi connectivity index (χ4v) is 5.58. The molecule has 2 aromatic carbocycles. The van der Waals surface area contributed by atoms with Gasteiger partial charge in [0.15, 0.2) is 5.58 Å². The Kier molecular flexibility index (Phi) is 6.31. The maximum absolute atomic E-state index is 13.2. The summed E-state index contributed by atoms with van der Waals surface area (Å²) in [7, 11) is 1.67. The number of anilines is 1. The second-order valence-corrected chi connectivity index (χ2v) is 10.5. The molecule has 1 aromatic heterocycles. The van der Waals surface area contributed by atoms with Crippen molar-refractivity contribution < 1.29 is 17.6 Å². The zero-order chi connectivity index (χ0) is 23.8. The van der Waals surface area contributed by atoms with Gasteiger partial charge in [-0.2, -0.15) is 4.31 Å². The van der Waals surface area contributed by atoms with E-state index in [0.29, 0.717) is 31.4 Å². The topological polar surface area (TPSA) is 105 Å². The molecule has 1 amide bonds. The van der Waals surface area contributed by atoms with Gasteiger partial charge in [-0.25, -0.2) is 13.2 Å². The minimum Gasteiger partial charge on any atom is -0.408 e. The van der Waals surface area contributed by atoms with Gasteiger partial charge >= 0.3 is 5.76 Å². The third-order valence-corrected chi connectivity index (χ3v) is 7.94. The lowest BCUT2D eigenvalue weighted by Gasteiger charge is -2.31. The molecule has 9 nitrogen and oxygen atoms in total. The fraction of sp³-hybridized carbons (Fsp3) is 0.391. The summed E-state index contributed by atoms with van der Waals surface area (Å²) >= 11 is 0. The van der Waals surface area contributed by atoms with Crippen LogP contribution in [0.25, 0.3) is 11.1 Å². The maximum Gasteiger partial charge on any atom is 0.419 e. The standard InChI is InChI=1S/C23H28N4O5S/c1-25(2)18-8-6-16(7-9-18)14-24-22(28)17-5-4-12-27(15-17)33(30,31)19-10-11-20-21(13-19)32-23(29)26(20)3/h6-11,13,17H,4-5,12,14-15H2,1-3H3,(H,24,28)/t17-/m1/s1. The lowest BCUT2D eigenvalue weighted by atomic mass is 9.99. The zero-order valence-electron chi connectivity index (χ0n) is 18.9. The Hall–Kier alpha value is -3.11. The van der Waals surface area contributed by atoms with Crippen molar-refractivity contribution in [3.8, 4) is 0 Å². The number of benzene rings is 2. The third-order valence-electron chi connectivity index (χ3n) is 6.08. The molecule has 3 aromatic rings. The largest absolute Gasteiger partial charge is 0.419 e. The number of fused-ring (bicyclic) bond motifs is 1. The number of rotatable bonds is 6. The molecular weight excluding hydrogens is 444 g/mol. The molecule has 10 heteroatoms. The van der Waals surface area contributed by atoms with Crippen molar-refractivity contribution in [2.45, 2.75) is 24.3 Å². The highest BCUT2D eigenvalue weighted by molar-refractivity contribution is 7.89. The van der Waals surface area contributed by atoms with Crippen LogP contribution in [-0.4, -0.2) is 50.4 Å². The Morgan fingerprint density at radius 3 is 2.61 bits per heavy atom. The minimum atomic E-state index is -3.83. The van der Waals surface area contributed by atoms with E-state index in [1.807, 2.05) is 43.3 Å². The van der Waals surface area contributed by atoms with Crippen LogP contribution >= 0.6 is 0 Å². The van der Waals surface area contributed by atoms with E-state index in [2.05, 4.69) is 5.32 Å². The second kappa shape index (κ2) is 9.03. The average molecular weight is 473 g/mol. The summed E-state index contributed by atoms with van der Waals surface area (Å²) < 4.78 is 34.2. The van der Waals surface area contributed by atoms with Crippen LogP contribution in [0.3, 0.4) is 0 Å². The van der Waals surface area contributed by atoms with Crippen LogP contribution in [0.2, 0.25) is 0 Å². The summed E-state index contributed by atoms with van der Waals surface area (Å²) in [6, 6.07) is 12.3. The quantitative estimate of drug-likeness (QED) is 0.588. The van der Waals surface area contributed by atoms with Crippen molar-refractivity contribution >= 4 is 32.7 Å². The molecule has 4 rings (SSSR count). The Bertz CT molecular complexity index is 1330. The van der Waals surface area contributed by atoms with Crippen molar-refractivity contribution in [2.75, 3.05) is 32.1 Å². The van der Waals surface area contributed by atoms with Crippen molar-refractivity contribution in [1.82, 2.24) is 14.2 Å². The predicted octanol–water partition coefficient (Wildman–Crippen LogP) is 1.91. The highest BCUT2D eigenvalue weighted by atomic mass is 32.2. The number of nitrogens with one attached hydrogen (secondary N) is 1. The fourth-order valence-electron chi connectivity index (χ4n) is 4.04. The highest BCUT2D eigenvalue weighted by Gasteiger charge is 2.33. The second-order valence-electron chi connectivity index (χ2n) is 8.54. The number of carbonyl (C=O) groups is 1. The number of hydrogen-bond acceptors (Lipinski definition) is 6. The molecule has 1 aliphatic rings. The molecule has 0 spiro atoms. The van der Waals surface area contributed by atoms with Crippen molar-refractivity contribution in [1.29, 1.82) is 0 Å². The lowest BCUT2D eigenvalue weighted by Crippen LogP contribution is -2.45. The SMILES string of the molecule is CN(C)c1ccc(CNC(=O)[C@@H]2CCCN(S(=O)(=O)c3ccc4c(c3)oc(=O)n4C)C2)cc1. The first-order valence-electron chi connectivity index (χ1n) is 10.8. The normalized spacial score (nSPS) is 17.2. The van der Waals surface area contributed by atoms with Crippen LogP contribution in [0.1, 0.15) is 18.4 Å². The maximum atomic E-state index is 13.2. The number of amides is 1. The number of nitrogens with zero attached hydrogens (tertiary/aromatic N) is 3. The van der Waals surface area contributed by atoms with E-state index in [0.717, 1.165) is 11.3 Å². The van der Waals surface area contributed by atoms with Gasteiger partial charge in [0.1, 0.15) is 0 Å². The molecule has 0 unspecified atom stereocenters. The van der Waals surface area contributed by atoms with Crippen LogP contribution in [-0.2, 0) is 28.4 Å². The van der Waals surface area contributed by atoms with Crippen molar-refractivity contribution in [2.24, 2.45) is 13.0 Å². The molecule has 2 heterocycles. The first-order valence-corrected chi connectivity index (χ1v) is 12.2. The Balaban J connectivity index is 1.43. The van der Waals surface area contributed by atoms with Crippen LogP contribution in [0.5, 0.6) is 0 Å². The highest BCUT2D eigenvalue weighted by Crippen LogP contribution is 2.26. The van der Waals surface area contributed by atoms with Crippen LogP contribution in [0.15, 0.2) is 56.6 Å². The predicted molar refractivity (Wildman–Crippen MR) is 126 cm³/mol. The lowest BCUT2D eigenvalue weighted by molar-refractivity contribution is -0.126. The number of piperidine rings is 1. The molecule has 1 saturated heterocycles. The van der Waals surface area contributed by atoms with Gasteiger partial charge in [-0.15, -0.1) is 0 Å². The molecule has 0 radical (unpaired) electrons. The van der Waals surface area contributed by atoms with Gasteiger partial charge in [0.2, 0.25) is 15.9 Å². The van der Waals surface area contributed by atoms with E-state index in [4.69, 9.17) is 4.42 Å². The van der Waals surface area contributed by atoms with Gasteiger partial charge in [0.25, 0.3) is 0 Å². The molecule has 1 N–H and O–H groups in total. The first kappa shape index (κ1) is 23.1. The van der Waals surface area contributed by atoms with E-state index >= 15 is 0 Å². The number of aryl methyl sites for hydroxylation is 1. The monoisotopic (exact) mass is 472 g/mol. The summed E-state index contributed by atoms with van der Waals surface area (Å²) in [5.41, 5.74) is 2.79. The van der Waals surface area contributed by atoms with Crippen molar-refractivity contribution in [3.63, 3.8) is 0 Å². The number of oxazole rings is 1. The van der Waals surface area contributed by atoms with Gasteiger partial charge < -0.3 is 14.6 Å². The summed E-state index contributed by atoms with van der Waals surface area (Å²) in [5.74, 6) is -1.13. The molecule has 1 fully saturated rings. The molecule has 0 saturated carbocycles. The first-order chi connectivity index (χ1) is 15.7. The Labute approximate surface area is 192 Å². The van der Waals surface area contributed by atoms with Gasteiger partial charge in [0.05, 0.1) is 16.3 Å². The van der Waals surface area contributed by atoms with Gasteiger partial charge in [0, 0.05) is 52.5 Å². The minimum absolute atomic E-state index is 0.0476. The van der Waals surface area contributed by atoms with E-state index < -0.39 is 21.7 Å². The van der Waals surface area contributed by atoms with E-state index in [1.165, 1.54) is 21.0 Å². The number of aromatic nitrogens is 1.